The third-order valence-corrected chi connectivity index (χ3v) is 7.18. The van der Waals surface area contributed by atoms with Crippen molar-refractivity contribution in [2.75, 3.05) is 20.8 Å². The number of aromatic nitrogens is 2. The fraction of sp³-hybridized carbons (Fsp3) is 0.267. The molecule has 0 bridgehead atoms. The lowest BCUT2D eigenvalue weighted by Crippen LogP contribution is -2.40. The summed E-state index contributed by atoms with van der Waals surface area (Å²) in [6.07, 6.45) is -4.39. The van der Waals surface area contributed by atoms with Gasteiger partial charge in [0.2, 0.25) is 0 Å². The second kappa shape index (κ2) is 12.1. The number of rotatable bonds is 10. The van der Waals surface area contributed by atoms with Gasteiger partial charge in [-0.15, -0.1) is 0 Å². The van der Waals surface area contributed by atoms with Crippen molar-refractivity contribution >= 4 is 0 Å². The average Bonchev–Trinajstić information content (AvgIpc) is 3.33. The van der Waals surface area contributed by atoms with Crippen molar-refractivity contribution in [2.24, 2.45) is 0 Å². The van der Waals surface area contributed by atoms with Gasteiger partial charge in [0.1, 0.15) is 29.3 Å². The number of halogens is 1. The predicted octanol–water partition coefficient (Wildman–Crippen LogP) is 3.09. The van der Waals surface area contributed by atoms with Gasteiger partial charge in [0.25, 0.3) is 5.56 Å². The van der Waals surface area contributed by atoms with Crippen molar-refractivity contribution in [1.82, 2.24) is 9.55 Å². The summed E-state index contributed by atoms with van der Waals surface area (Å²) in [5, 5.41) is 11.0. The van der Waals surface area contributed by atoms with Crippen LogP contribution in [0.1, 0.15) is 22.9 Å². The van der Waals surface area contributed by atoms with E-state index in [0.717, 1.165) is 33.5 Å². The molecule has 5 rings (SSSR count). The van der Waals surface area contributed by atoms with Crippen LogP contribution in [-0.4, -0.2) is 53.8 Å². The molecule has 2 heterocycles. The second-order valence-electron chi connectivity index (χ2n) is 9.44. The van der Waals surface area contributed by atoms with E-state index in [2.05, 4.69) is 9.93 Å². The Balaban J connectivity index is 1.57. The van der Waals surface area contributed by atoms with Crippen LogP contribution >= 0.6 is 0 Å². The van der Waals surface area contributed by atoms with E-state index < -0.39 is 41.4 Å². The third kappa shape index (κ3) is 5.40. The highest BCUT2D eigenvalue weighted by atomic mass is 19.3. The van der Waals surface area contributed by atoms with Crippen LogP contribution < -0.4 is 20.7 Å². The number of aliphatic hydroxyl groups excluding tert-OH is 1. The molecule has 1 aliphatic heterocycles. The highest BCUT2D eigenvalue weighted by Gasteiger charge is 2.49. The molecule has 0 unspecified atom stereocenters. The number of ether oxygens (including phenoxy) is 4. The summed E-state index contributed by atoms with van der Waals surface area (Å²) in [5.41, 5.74) is -0.429. The monoisotopic (exact) mass is 564 g/mol. The number of hydrogen-bond donors (Lipinski definition) is 2. The minimum absolute atomic E-state index is 0.234. The zero-order valence-corrected chi connectivity index (χ0v) is 22.3. The van der Waals surface area contributed by atoms with E-state index in [4.69, 9.17) is 18.9 Å². The van der Waals surface area contributed by atoms with Gasteiger partial charge in [-0.2, -0.15) is 4.94 Å². The van der Waals surface area contributed by atoms with Crippen LogP contribution in [0, 0.1) is 0 Å². The summed E-state index contributed by atoms with van der Waals surface area (Å²) >= 11 is 0. The largest absolute Gasteiger partial charge is 0.497 e. The van der Waals surface area contributed by atoms with Crippen molar-refractivity contribution in [3.8, 4) is 11.5 Å². The standard InChI is InChI=1S/C30H29FN2O8/c1-37-22-12-8-20(9-13-22)30(19-6-4-3-5-7-19,21-10-14-23(38-2)15-11-21)39-18-24-26(35)27(41-31)28(40-24)33-17-16-25(34)32-29(33)36/h3-17,24,26-28,35H,18H2,1-2H3,(H,32,34,36)/t24-,26+,27-,28-/m1/s1. The molecule has 4 aromatic rings. The number of hydrogen-bond acceptors (Lipinski definition) is 8. The number of nitrogens with zero attached hydrogens (tertiary/aromatic N) is 1. The van der Waals surface area contributed by atoms with Gasteiger partial charge in [0, 0.05) is 12.3 Å². The van der Waals surface area contributed by atoms with E-state index in [1.165, 1.54) is 0 Å². The Hall–Kier alpha value is -4.29. The van der Waals surface area contributed by atoms with E-state index >= 15 is 0 Å². The molecule has 1 saturated heterocycles. The lowest BCUT2D eigenvalue weighted by atomic mass is 9.80. The molecule has 0 radical (unpaired) electrons. The Morgan fingerprint density at radius 1 is 0.878 bits per heavy atom. The fourth-order valence-electron chi connectivity index (χ4n) is 5.08. The first-order valence-corrected chi connectivity index (χ1v) is 12.8. The molecule has 41 heavy (non-hydrogen) atoms. The van der Waals surface area contributed by atoms with Gasteiger partial charge in [-0.25, -0.2) is 4.79 Å². The summed E-state index contributed by atoms with van der Waals surface area (Å²) in [7, 11) is 3.15. The number of H-pyrrole nitrogens is 1. The van der Waals surface area contributed by atoms with E-state index in [-0.39, 0.29) is 6.61 Å². The molecule has 1 aromatic heterocycles. The topological polar surface area (TPSA) is 121 Å². The first-order chi connectivity index (χ1) is 19.9. The summed E-state index contributed by atoms with van der Waals surface area (Å²) in [6, 6.07) is 25.3. The maximum atomic E-state index is 13.7. The van der Waals surface area contributed by atoms with E-state index in [1.54, 1.807) is 14.2 Å². The van der Waals surface area contributed by atoms with Crippen molar-refractivity contribution < 1.29 is 33.5 Å². The summed E-state index contributed by atoms with van der Waals surface area (Å²) in [6.45, 7) is -0.234. The van der Waals surface area contributed by atoms with Crippen LogP contribution in [0.25, 0.3) is 0 Å². The van der Waals surface area contributed by atoms with Crippen LogP contribution in [0.2, 0.25) is 0 Å². The Kier molecular flexibility index (Phi) is 8.31. The van der Waals surface area contributed by atoms with Gasteiger partial charge >= 0.3 is 5.69 Å². The number of aromatic amines is 1. The molecule has 0 aliphatic carbocycles. The van der Waals surface area contributed by atoms with Crippen molar-refractivity contribution in [2.45, 2.75) is 30.1 Å². The highest BCUT2D eigenvalue weighted by Crippen LogP contribution is 2.43. The summed E-state index contributed by atoms with van der Waals surface area (Å²) < 4.78 is 38.0. The van der Waals surface area contributed by atoms with Gasteiger partial charge < -0.3 is 24.1 Å². The Morgan fingerprint density at radius 2 is 1.44 bits per heavy atom. The molecule has 10 nitrogen and oxygen atoms in total. The van der Waals surface area contributed by atoms with Gasteiger partial charge in [0.05, 0.1) is 20.8 Å². The summed E-state index contributed by atoms with van der Waals surface area (Å²) in [4.78, 5) is 30.1. The minimum atomic E-state index is -1.56. The Morgan fingerprint density at radius 3 is 1.95 bits per heavy atom. The molecule has 0 spiro atoms. The third-order valence-electron chi connectivity index (χ3n) is 7.18. The molecule has 0 amide bonds. The van der Waals surface area contributed by atoms with Gasteiger partial charge in [0.15, 0.2) is 12.3 Å². The quantitative estimate of drug-likeness (QED) is 0.282. The van der Waals surface area contributed by atoms with E-state index in [0.29, 0.717) is 11.5 Å². The second-order valence-corrected chi connectivity index (χ2v) is 9.44. The highest BCUT2D eigenvalue weighted by molar-refractivity contribution is 5.49. The molecular weight excluding hydrogens is 535 g/mol. The molecule has 214 valence electrons. The molecule has 3 aromatic carbocycles. The number of benzene rings is 3. The molecule has 4 atom stereocenters. The van der Waals surface area contributed by atoms with Crippen molar-refractivity contribution in [3.05, 3.63) is 129 Å². The number of nitrogens with one attached hydrogen (secondary N) is 1. The maximum Gasteiger partial charge on any atom is 0.330 e. The Bertz CT molecular complexity index is 1510. The Labute approximate surface area is 234 Å². The molecule has 11 heteroatoms. The fourth-order valence-corrected chi connectivity index (χ4v) is 5.08. The SMILES string of the molecule is COc1ccc(C(OC[C@H]2O[C@@H](n3ccc(=O)[nH]c3=O)[C@H](OF)[C@H]2O)(c2ccccc2)c2ccc(OC)cc2)cc1. The average molecular weight is 565 g/mol. The van der Waals surface area contributed by atoms with Crippen molar-refractivity contribution in [3.63, 3.8) is 0 Å². The predicted molar refractivity (Wildman–Crippen MR) is 145 cm³/mol. The van der Waals surface area contributed by atoms with Gasteiger partial charge in [-0.3, -0.25) is 14.3 Å². The van der Waals surface area contributed by atoms with E-state index in [1.807, 2.05) is 78.9 Å². The smallest absolute Gasteiger partial charge is 0.330 e. The van der Waals surface area contributed by atoms with E-state index in [9.17, 15) is 19.2 Å². The van der Waals surface area contributed by atoms with Crippen LogP contribution in [0.4, 0.5) is 4.53 Å². The molecule has 0 saturated carbocycles. The molecule has 2 N–H and O–H groups in total. The maximum absolute atomic E-state index is 13.7. The molecule has 1 aliphatic rings. The lowest BCUT2D eigenvalue weighted by Gasteiger charge is -2.37. The molecule has 1 fully saturated rings. The zero-order chi connectivity index (χ0) is 29.0. The molecular formula is C30H29FN2O8. The van der Waals surface area contributed by atoms with Crippen LogP contribution in [0.15, 0.2) is 101 Å². The lowest BCUT2D eigenvalue weighted by molar-refractivity contribution is -0.221. The van der Waals surface area contributed by atoms with Gasteiger partial charge in [-0.05, 0) is 45.5 Å². The summed E-state index contributed by atoms with van der Waals surface area (Å²) in [5.74, 6) is 1.30. The van der Waals surface area contributed by atoms with Crippen LogP contribution in [0.3, 0.4) is 0 Å². The zero-order valence-electron chi connectivity index (χ0n) is 22.3. The first-order valence-electron chi connectivity index (χ1n) is 12.8. The minimum Gasteiger partial charge on any atom is -0.497 e. The van der Waals surface area contributed by atoms with Crippen LogP contribution in [-0.2, 0) is 20.0 Å². The van der Waals surface area contributed by atoms with Gasteiger partial charge in [-0.1, -0.05) is 54.6 Å². The van der Waals surface area contributed by atoms with Crippen LogP contribution in [0.5, 0.6) is 11.5 Å². The van der Waals surface area contributed by atoms with Crippen molar-refractivity contribution in [1.29, 1.82) is 0 Å². The normalized spacial score (nSPS) is 20.6. The number of aliphatic hydroxyl groups is 1. The first kappa shape index (κ1) is 28.2. The number of methoxy groups -OCH3 is 2.